The Bertz CT molecular complexity index is 819. The van der Waals surface area contributed by atoms with Crippen LogP contribution in [0.25, 0.3) is 11.0 Å². The van der Waals surface area contributed by atoms with Gasteiger partial charge in [-0.05, 0) is 25.0 Å². The molecule has 4 rings (SSSR count). The molecule has 7 nitrogen and oxygen atoms in total. The first kappa shape index (κ1) is 14.9. The summed E-state index contributed by atoms with van der Waals surface area (Å²) in [5.74, 6) is -0.0919. The molecule has 2 aliphatic rings. The molecule has 0 radical (unpaired) electrons. The van der Waals surface area contributed by atoms with Crippen LogP contribution in [-0.2, 0) is 4.74 Å². The minimum absolute atomic E-state index is 0.0919. The van der Waals surface area contributed by atoms with Crippen LogP contribution in [0.3, 0.4) is 0 Å². The Kier molecular flexibility index (Phi) is 3.37. The molecule has 2 amide bonds. The summed E-state index contributed by atoms with van der Waals surface area (Å²) in [5, 5.41) is 0. The molecular weight excluding hydrogens is 308 g/mol. The zero-order chi connectivity index (χ0) is 16.7. The number of fused-ring (bicyclic) bond motifs is 1. The van der Waals surface area contributed by atoms with Crippen LogP contribution in [0.1, 0.15) is 23.2 Å². The SMILES string of the molecule is CN1C[C@]2(CCCN(C(=O)c3cccc4nccnc34)C2)OC1=O. The van der Waals surface area contributed by atoms with E-state index in [-0.39, 0.29) is 12.0 Å². The minimum Gasteiger partial charge on any atom is -0.439 e. The molecule has 24 heavy (non-hydrogen) atoms. The van der Waals surface area contributed by atoms with E-state index in [1.165, 1.54) is 0 Å². The van der Waals surface area contributed by atoms with Crippen molar-refractivity contribution in [3.63, 3.8) is 0 Å². The molecule has 7 heteroatoms. The maximum Gasteiger partial charge on any atom is 0.410 e. The normalized spacial score (nSPS) is 23.8. The fourth-order valence-electron chi connectivity index (χ4n) is 3.61. The third-order valence-electron chi connectivity index (χ3n) is 4.70. The van der Waals surface area contributed by atoms with Gasteiger partial charge < -0.3 is 14.5 Å². The molecule has 124 valence electrons. The van der Waals surface area contributed by atoms with Crippen LogP contribution in [0, 0.1) is 0 Å². The number of amides is 2. The predicted octanol–water partition coefficient (Wildman–Crippen LogP) is 1.69. The average molecular weight is 326 g/mol. The van der Waals surface area contributed by atoms with E-state index in [4.69, 9.17) is 4.74 Å². The van der Waals surface area contributed by atoms with E-state index in [2.05, 4.69) is 9.97 Å². The zero-order valence-electron chi connectivity index (χ0n) is 13.4. The number of benzene rings is 1. The number of hydrogen-bond donors (Lipinski definition) is 0. The summed E-state index contributed by atoms with van der Waals surface area (Å²) in [6.45, 7) is 1.59. The molecule has 0 saturated carbocycles. The van der Waals surface area contributed by atoms with Crippen molar-refractivity contribution in [3.05, 3.63) is 36.2 Å². The number of ether oxygens (including phenoxy) is 1. The fourth-order valence-corrected chi connectivity index (χ4v) is 3.61. The number of carbonyl (C=O) groups excluding carboxylic acids is 2. The van der Waals surface area contributed by atoms with Crippen LogP contribution >= 0.6 is 0 Å². The van der Waals surface area contributed by atoms with Gasteiger partial charge in [0.15, 0.2) is 0 Å². The number of aromatic nitrogens is 2. The van der Waals surface area contributed by atoms with Gasteiger partial charge in [0.05, 0.1) is 24.2 Å². The number of likely N-dealkylation sites (tertiary alicyclic amines) is 1. The molecule has 0 unspecified atom stereocenters. The quantitative estimate of drug-likeness (QED) is 0.797. The Morgan fingerprint density at radius 1 is 1.25 bits per heavy atom. The standard InChI is InChI=1S/C17H18N4O3/c1-20-10-17(24-16(20)23)6-3-9-21(11-17)15(22)12-4-2-5-13-14(12)19-8-7-18-13/h2,4-5,7-8H,3,6,9-11H2,1H3/t17-/m0/s1. The van der Waals surface area contributed by atoms with Crippen LogP contribution in [0.2, 0.25) is 0 Å². The molecule has 3 heterocycles. The average Bonchev–Trinajstić information content (AvgIpc) is 2.87. The number of para-hydroxylation sites is 1. The lowest BCUT2D eigenvalue weighted by atomic mass is 9.92. The van der Waals surface area contributed by atoms with Crippen molar-refractivity contribution in [1.29, 1.82) is 0 Å². The van der Waals surface area contributed by atoms with Crippen molar-refractivity contribution < 1.29 is 14.3 Å². The highest BCUT2D eigenvalue weighted by Crippen LogP contribution is 2.32. The van der Waals surface area contributed by atoms with E-state index < -0.39 is 5.60 Å². The zero-order valence-corrected chi connectivity index (χ0v) is 13.4. The summed E-state index contributed by atoms with van der Waals surface area (Å²) < 4.78 is 5.57. The second-order valence-electron chi connectivity index (χ2n) is 6.47. The van der Waals surface area contributed by atoms with Gasteiger partial charge in [-0.2, -0.15) is 0 Å². The van der Waals surface area contributed by atoms with Crippen molar-refractivity contribution in [2.45, 2.75) is 18.4 Å². The Labute approximate surface area is 139 Å². The van der Waals surface area contributed by atoms with Crippen LogP contribution in [-0.4, -0.2) is 64.1 Å². The third-order valence-corrected chi connectivity index (χ3v) is 4.70. The summed E-state index contributed by atoms with van der Waals surface area (Å²) in [6.07, 6.45) is 4.47. The number of carbonyl (C=O) groups is 2. The molecule has 1 aromatic heterocycles. The van der Waals surface area contributed by atoms with E-state index in [0.717, 1.165) is 12.8 Å². The predicted molar refractivity (Wildman–Crippen MR) is 86.5 cm³/mol. The first-order chi connectivity index (χ1) is 11.6. The summed E-state index contributed by atoms with van der Waals surface area (Å²) >= 11 is 0. The molecule has 2 aliphatic heterocycles. The maximum absolute atomic E-state index is 13.0. The number of nitrogens with zero attached hydrogens (tertiary/aromatic N) is 4. The molecule has 2 aromatic rings. The van der Waals surface area contributed by atoms with E-state index in [1.807, 2.05) is 12.1 Å². The van der Waals surface area contributed by atoms with E-state index >= 15 is 0 Å². The second-order valence-corrected chi connectivity index (χ2v) is 6.47. The summed E-state index contributed by atoms with van der Waals surface area (Å²) in [5.41, 5.74) is 1.25. The molecule has 0 N–H and O–H groups in total. The first-order valence-electron chi connectivity index (χ1n) is 8.01. The van der Waals surface area contributed by atoms with Crippen molar-refractivity contribution in [2.75, 3.05) is 26.7 Å². The van der Waals surface area contributed by atoms with Crippen molar-refractivity contribution in [1.82, 2.24) is 19.8 Å². The fraction of sp³-hybridized carbons (Fsp3) is 0.412. The van der Waals surface area contributed by atoms with Gasteiger partial charge in [0, 0.05) is 26.0 Å². The van der Waals surface area contributed by atoms with Gasteiger partial charge in [-0.3, -0.25) is 14.8 Å². The van der Waals surface area contributed by atoms with Gasteiger partial charge >= 0.3 is 6.09 Å². The van der Waals surface area contributed by atoms with E-state index in [9.17, 15) is 9.59 Å². The number of rotatable bonds is 1. The molecule has 0 bridgehead atoms. The van der Waals surface area contributed by atoms with Crippen LogP contribution in [0.5, 0.6) is 0 Å². The van der Waals surface area contributed by atoms with Crippen molar-refractivity contribution in [3.8, 4) is 0 Å². The van der Waals surface area contributed by atoms with E-state index in [1.54, 1.807) is 35.3 Å². The van der Waals surface area contributed by atoms with Gasteiger partial charge in [-0.1, -0.05) is 6.07 Å². The minimum atomic E-state index is -0.587. The Morgan fingerprint density at radius 2 is 2.08 bits per heavy atom. The van der Waals surface area contributed by atoms with Crippen LogP contribution in [0.15, 0.2) is 30.6 Å². The highest BCUT2D eigenvalue weighted by Gasteiger charge is 2.47. The van der Waals surface area contributed by atoms with Gasteiger partial charge in [0.2, 0.25) is 0 Å². The largest absolute Gasteiger partial charge is 0.439 e. The number of piperidine rings is 1. The summed E-state index contributed by atoms with van der Waals surface area (Å²) in [4.78, 5) is 36.7. The molecule has 1 atom stereocenters. The molecule has 1 aromatic carbocycles. The van der Waals surface area contributed by atoms with Crippen LogP contribution in [0.4, 0.5) is 4.79 Å². The van der Waals surface area contributed by atoms with Gasteiger partial charge in [0.25, 0.3) is 5.91 Å². The molecule has 1 spiro atoms. The van der Waals surface area contributed by atoms with Gasteiger partial charge in [0.1, 0.15) is 11.1 Å². The monoisotopic (exact) mass is 326 g/mol. The summed E-state index contributed by atoms with van der Waals surface area (Å²) in [7, 11) is 1.72. The van der Waals surface area contributed by atoms with Gasteiger partial charge in [-0.25, -0.2) is 4.79 Å². The molecule has 2 saturated heterocycles. The molecular formula is C17H18N4O3. The van der Waals surface area contributed by atoms with Crippen molar-refractivity contribution >= 4 is 23.0 Å². The number of likely N-dealkylation sites (N-methyl/N-ethyl adjacent to an activating group) is 1. The Morgan fingerprint density at radius 3 is 2.88 bits per heavy atom. The Hall–Kier alpha value is -2.70. The topological polar surface area (TPSA) is 75.6 Å². The first-order valence-corrected chi connectivity index (χ1v) is 8.01. The van der Waals surface area contributed by atoms with E-state index in [0.29, 0.717) is 36.2 Å². The third kappa shape index (κ3) is 2.36. The smallest absolute Gasteiger partial charge is 0.410 e. The highest BCUT2D eigenvalue weighted by molar-refractivity contribution is 6.04. The lowest BCUT2D eigenvalue weighted by Gasteiger charge is -2.38. The lowest BCUT2D eigenvalue weighted by molar-refractivity contribution is -0.00515. The second kappa shape index (κ2) is 5.43. The lowest BCUT2D eigenvalue weighted by Crippen LogP contribution is -2.52. The number of hydrogen-bond acceptors (Lipinski definition) is 5. The Balaban J connectivity index is 1.63. The maximum atomic E-state index is 13.0. The summed E-state index contributed by atoms with van der Waals surface area (Å²) in [6, 6.07) is 5.42. The molecule has 2 fully saturated rings. The van der Waals surface area contributed by atoms with Crippen LogP contribution < -0.4 is 0 Å². The van der Waals surface area contributed by atoms with Gasteiger partial charge in [-0.15, -0.1) is 0 Å². The highest BCUT2D eigenvalue weighted by atomic mass is 16.6. The van der Waals surface area contributed by atoms with Crippen molar-refractivity contribution in [2.24, 2.45) is 0 Å². The molecule has 0 aliphatic carbocycles.